The zero-order valence-electron chi connectivity index (χ0n) is 13.8. The molecule has 0 radical (unpaired) electrons. The summed E-state index contributed by atoms with van der Waals surface area (Å²) in [5.41, 5.74) is 0.431. The monoisotopic (exact) mass is 378 g/mol. The van der Waals surface area contributed by atoms with Gasteiger partial charge in [-0.1, -0.05) is 6.07 Å². The first-order valence-corrected chi connectivity index (χ1v) is 8.80. The number of hydrogen-bond donors (Lipinski definition) is 3. The molecular formula is C17H18N2O6S. The molecule has 2 amide bonds. The summed E-state index contributed by atoms with van der Waals surface area (Å²) in [6.07, 6.45) is -0.426. The lowest BCUT2D eigenvalue weighted by molar-refractivity contribution is -0.136. The maximum Gasteiger partial charge on any atom is 0.313 e. The van der Waals surface area contributed by atoms with Gasteiger partial charge in [0.1, 0.15) is 6.10 Å². The number of fused-ring (bicyclic) bond motifs is 1. The van der Waals surface area contributed by atoms with Crippen molar-refractivity contribution < 1.29 is 28.9 Å². The van der Waals surface area contributed by atoms with Crippen LogP contribution >= 0.6 is 11.3 Å². The van der Waals surface area contributed by atoms with Crippen LogP contribution in [0.1, 0.15) is 11.0 Å². The van der Waals surface area contributed by atoms with Crippen molar-refractivity contribution in [1.82, 2.24) is 5.32 Å². The van der Waals surface area contributed by atoms with Crippen LogP contribution in [0.5, 0.6) is 11.5 Å². The normalized spacial score (nSPS) is 13.3. The van der Waals surface area contributed by atoms with Crippen molar-refractivity contribution in [2.24, 2.45) is 0 Å². The van der Waals surface area contributed by atoms with E-state index < -0.39 is 17.9 Å². The molecule has 2 aromatic rings. The van der Waals surface area contributed by atoms with Crippen LogP contribution in [0.15, 0.2) is 35.7 Å². The number of nitrogens with one attached hydrogen (secondary N) is 2. The first kappa shape index (κ1) is 18.2. The SMILES string of the molecule is O=C(NCC(OCCO)c1cccs1)C(=O)Nc1ccc2c(c1)OCO2. The molecule has 2 heterocycles. The molecule has 8 nitrogen and oxygen atoms in total. The Bertz CT molecular complexity index is 765. The third-order valence-corrected chi connectivity index (χ3v) is 4.52. The second kappa shape index (κ2) is 8.65. The van der Waals surface area contributed by atoms with E-state index in [0.29, 0.717) is 17.2 Å². The summed E-state index contributed by atoms with van der Waals surface area (Å²) in [4.78, 5) is 25.0. The number of aliphatic hydroxyl groups is 1. The van der Waals surface area contributed by atoms with Gasteiger partial charge in [0.05, 0.1) is 13.2 Å². The predicted molar refractivity (Wildman–Crippen MR) is 94.3 cm³/mol. The minimum absolute atomic E-state index is 0.119. The van der Waals surface area contributed by atoms with Gasteiger partial charge in [0.2, 0.25) is 6.79 Å². The predicted octanol–water partition coefficient (Wildman–Crippen LogP) is 1.28. The molecule has 1 aromatic carbocycles. The van der Waals surface area contributed by atoms with Gasteiger partial charge in [-0.05, 0) is 23.6 Å². The fraction of sp³-hybridized carbons (Fsp3) is 0.294. The zero-order chi connectivity index (χ0) is 18.4. The lowest BCUT2D eigenvalue weighted by Crippen LogP contribution is -2.38. The van der Waals surface area contributed by atoms with Gasteiger partial charge in [0.25, 0.3) is 0 Å². The molecular weight excluding hydrogens is 360 g/mol. The van der Waals surface area contributed by atoms with E-state index in [1.165, 1.54) is 11.3 Å². The Labute approximate surface area is 153 Å². The highest BCUT2D eigenvalue weighted by Crippen LogP contribution is 2.34. The van der Waals surface area contributed by atoms with Gasteiger partial charge in [-0.15, -0.1) is 11.3 Å². The molecule has 3 N–H and O–H groups in total. The van der Waals surface area contributed by atoms with Crippen LogP contribution in [0, 0.1) is 0 Å². The Hall–Kier alpha value is -2.62. The number of aliphatic hydroxyl groups excluding tert-OH is 1. The minimum Gasteiger partial charge on any atom is -0.454 e. The first-order valence-electron chi connectivity index (χ1n) is 7.92. The third kappa shape index (κ3) is 4.51. The number of amides is 2. The first-order chi connectivity index (χ1) is 12.7. The van der Waals surface area contributed by atoms with Crippen LogP contribution in [0.2, 0.25) is 0 Å². The van der Waals surface area contributed by atoms with Crippen LogP contribution in [0.25, 0.3) is 0 Å². The van der Waals surface area contributed by atoms with Crippen LogP contribution in [0.3, 0.4) is 0 Å². The standard InChI is InChI=1S/C17H18N2O6S/c20-5-6-23-14(15-2-1-7-26-15)9-18-16(21)17(22)19-11-3-4-12-13(8-11)25-10-24-12/h1-4,7-8,14,20H,5-6,9-10H2,(H,18,21)(H,19,22). The lowest BCUT2D eigenvalue weighted by atomic mass is 10.2. The summed E-state index contributed by atoms with van der Waals surface area (Å²) in [7, 11) is 0. The average molecular weight is 378 g/mol. The molecule has 1 aliphatic heterocycles. The van der Waals surface area contributed by atoms with E-state index in [2.05, 4.69) is 10.6 Å². The number of benzene rings is 1. The van der Waals surface area contributed by atoms with Gasteiger partial charge in [-0.25, -0.2) is 0 Å². The quantitative estimate of drug-likeness (QED) is 0.627. The second-order valence-electron chi connectivity index (χ2n) is 5.33. The van der Waals surface area contributed by atoms with E-state index in [1.807, 2.05) is 17.5 Å². The molecule has 0 spiro atoms. The summed E-state index contributed by atoms with van der Waals surface area (Å²) in [5, 5.41) is 15.9. The Morgan fingerprint density at radius 1 is 1.23 bits per heavy atom. The molecule has 1 unspecified atom stereocenters. The molecule has 138 valence electrons. The van der Waals surface area contributed by atoms with Crippen molar-refractivity contribution in [2.75, 3.05) is 31.9 Å². The molecule has 0 bridgehead atoms. The molecule has 3 rings (SSSR count). The van der Waals surface area contributed by atoms with Crippen molar-refractivity contribution in [1.29, 1.82) is 0 Å². The highest BCUT2D eigenvalue weighted by atomic mass is 32.1. The second-order valence-corrected chi connectivity index (χ2v) is 6.31. The van der Waals surface area contributed by atoms with Gasteiger partial charge in [-0.2, -0.15) is 0 Å². The number of carbonyl (C=O) groups excluding carboxylic acids is 2. The largest absolute Gasteiger partial charge is 0.454 e. The fourth-order valence-corrected chi connectivity index (χ4v) is 3.11. The van der Waals surface area contributed by atoms with Crippen LogP contribution in [0.4, 0.5) is 5.69 Å². The van der Waals surface area contributed by atoms with Gasteiger partial charge < -0.3 is 30.0 Å². The summed E-state index contributed by atoms with van der Waals surface area (Å²) in [5.74, 6) is -0.474. The number of ether oxygens (including phenoxy) is 3. The van der Waals surface area contributed by atoms with Gasteiger partial charge >= 0.3 is 11.8 Å². The van der Waals surface area contributed by atoms with Crippen LogP contribution in [-0.2, 0) is 14.3 Å². The number of carbonyl (C=O) groups is 2. The van der Waals surface area contributed by atoms with Gasteiger partial charge in [-0.3, -0.25) is 9.59 Å². The van der Waals surface area contributed by atoms with Crippen molar-refractivity contribution in [3.05, 3.63) is 40.6 Å². The van der Waals surface area contributed by atoms with E-state index in [0.717, 1.165) is 4.88 Å². The Morgan fingerprint density at radius 3 is 2.85 bits per heavy atom. The lowest BCUT2D eigenvalue weighted by Gasteiger charge is -2.16. The number of rotatable bonds is 7. The zero-order valence-corrected chi connectivity index (χ0v) is 14.6. The van der Waals surface area contributed by atoms with Gasteiger partial charge in [0, 0.05) is 23.2 Å². The van der Waals surface area contributed by atoms with Crippen LogP contribution < -0.4 is 20.1 Å². The van der Waals surface area contributed by atoms with E-state index >= 15 is 0 Å². The maximum atomic E-state index is 12.1. The Balaban J connectivity index is 1.54. The Morgan fingerprint density at radius 2 is 2.08 bits per heavy atom. The third-order valence-electron chi connectivity index (χ3n) is 3.56. The summed E-state index contributed by atoms with van der Waals surface area (Å²) >= 11 is 1.47. The van der Waals surface area contributed by atoms with Crippen molar-refractivity contribution in [3.8, 4) is 11.5 Å². The molecule has 1 aliphatic rings. The fourth-order valence-electron chi connectivity index (χ4n) is 2.34. The summed E-state index contributed by atoms with van der Waals surface area (Å²) in [6, 6.07) is 8.60. The van der Waals surface area contributed by atoms with Crippen molar-refractivity contribution in [3.63, 3.8) is 0 Å². The van der Waals surface area contributed by atoms with Crippen molar-refractivity contribution in [2.45, 2.75) is 6.10 Å². The molecule has 0 saturated carbocycles. The highest BCUT2D eigenvalue weighted by Gasteiger charge is 2.20. The summed E-state index contributed by atoms with van der Waals surface area (Å²) < 4.78 is 15.9. The van der Waals surface area contributed by atoms with E-state index in [9.17, 15) is 9.59 Å². The highest BCUT2D eigenvalue weighted by molar-refractivity contribution is 7.10. The molecule has 0 aliphatic carbocycles. The molecule has 0 fully saturated rings. The molecule has 1 atom stereocenters. The van der Waals surface area contributed by atoms with Crippen LogP contribution in [-0.4, -0.2) is 43.5 Å². The smallest absolute Gasteiger partial charge is 0.313 e. The maximum absolute atomic E-state index is 12.1. The molecule has 9 heteroatoms. The van der Waals surface area contributed by atoms with Gasteiger partial charge in [0.15, 0.2) is 11.5 Å². The van der Waals surface area contributed by atoms with Crippen molar-refractivity contribution >= 4 is 28.8 Å². The number of anilines is 1. The van der Waals surface area contributed by atoms with E-state index in [-0.39, 0.29) is 26.6 Å². The minimum atomic E-state index is -0.795. The molecule has 26 heavy (non-hydrogen) atoms. The molecule has 1 aromatic heterocycles. The van der Waals surface area contributed by atoms with E-state index in [4.69, 9.17) is 19.3 Å². The summed E-state index contributed by atoms with van der Waals surface area (Å²) in [6.45, 7) is 0.265. The average Bonchev–Trinajstić information content (AvgIpc) is 3.32. The molecule has 0 saturated heterocycles. The van der Waals surface area contributed by atoms with E-state index in [1.54, 1.807) is 18.2 Å². The number of thiophene rings is 1. The topological polar surface area (TPSA) is 106 Å². The number of hydrogen-bond acceptors (Lipinski definition) is 7. The Kier molecular flexibility index (Phi) is 6.05.